The lowest BCUT2D eigenvalue weighted by atomic mass is 10.0. The van der Waals surface area contributed by atoms with Gasteiger partial charge in [0.05, 0.1) is 6.42 Å². The number of benzene rings is 1. The number of amides is 1. The van der Waals surface area contributed by atoms with Crippen molar-refractivity contribution < 1.29 is 19.1 Å². The van der Waals surface area contributed by atoms with Crippen LogP contribution in [0.5, 0.6) is 0 Å². The Morgan fingerprint density at radius 3 is 2.86 bits per heavy atom. The molecule has 1 saturated heterocycles. The molecule has 1 heterocycles. The van der Waals surface area contributed by atoms with E-state index >= 15 is 0 Å². The molecule has 0 aliphatic carbocycles. The largest absolute Gasteiger partial charge is 0.444 e. The number of hydrogen-bond donors (Lipinski definition) is 0. The standard InChI is InChI=1S/C16H21NO4/c1-2-3-9-14-10-15(18)21-12-17(14)16(19)20-11-13-7-5-4-6-8-13/h4-8,14H,2-3,9-12H2,1H3/t14-/m0/s1. The van der Waals surface area contributed by atoms with Crippen LogP contribution in [-0.2, 0) is 20.9 Å². The maximum Gasteiger partial charge on any atom is 0.413 e. The molecule has 114 valence electrons. The quantitative estimate of drug-likeness (QED) is 0.782. The molecule has 5 nitrogen and oxygen atoms in total. The Balaban J connectivity index is 1.90. The minimum Gasteiger partial charge on any atom is -0.444 e. The zero-order valence-corrected chi connectivity index (χ0v) is 12.3. The molecule has 21 heavy (non-hydrogen) atoms. The molecule has 1 aromatic rings. The van der Waals surface area contributed by atoms with E-state index in [0.717, 1.165) is 24.8 Å². The molecular formula is C16H21NO4. The minimum absolute atomic E-state index is 0.0131. The van der Waals surface area contributed by atoms with Gasteiger partial charge in [0.2, 0.25) is 0 Å². The van der Waals surface area contributed by atoms with E-state index in [-0.39, 0.29) is 31.8 Å². The molecule has 1 atom stereocenters. The fourth-order valence-electron chi connectivity index (χ4n) is 2.31. The van der Waals surface area contributed by atoms with Crippen molar-refractivity contribution in [1.29, 1.82) is 0 Å². The van der Waals surface area contributed by atoms with E-state index in [9.17, 15) is 9.59 Å². The molecule has 0 saturated carbocycles. The van der Waals surface area contributed by atoms with E-state index in [4.69, 9.17) is 9.47 Å². The van der Waals surface area contributed by atoms with Gasteiger partial charge in [0.1, 0.15) is 6.61 Å². The molecule has 1 amide bonds. The van der Waals surface area contributed by atoms with Gasteiger partial charge in [0.25, 0.3) is 0 Å². The van der Waals surface area contributed by atoms with Crippen molar-refractivity contribution in [2.45, 2.75) is 45.3 Å². The molecule has 0 bridgehead atoms. The lowest BCUT2D eigenvalue weighted by Crippen LogP contribution is -2.47. The van der Waals surface area contributed by atoms with E-state index in [0.29, 0.717) is 0 Å². The minimum atomic E-state index is -0.424. The van der Waals surface area contributed by atoms with Crippen LogP contribution in [-0.4, -0.2) is 29.7 Å². The van der Waals surface area contributed by atoms with Crippen molar-refractivity contribution in [3.8, 4) is 0 Å². The smallest absolute Gasteiger partial charge is 0.413 e. The van der Waals surface area contributed by atoms with Crippen LogP contribution in [0.4, 0.5) is 4.79 Å². The van der Waals surface area contributed by atoms with Crippen LogP contribution in [0, 0.1) is 0 Å². The number of unbranched alkanes of at least 4 members (excludes halogenated alkanes) is 1. The molecular weight excluding hydrogens is 270 g/mol. The van der Waals surface area contributed by atoms with Gasteiger partial charge in [-0.05, 0) is 12.0 Å². The van der Waals surface area contributed by atoms with Crippen molar-refractivity contribution in [3.63, 3.8) is 0 Å². The van der Waals surface area contributed by atoms with Crippen molar-refractivity contribution in [3.05, 3.63) is 35.9 Å². The number of carbonyl (C=O) groups excluding carboxylic acids is 2. The first-order valence-corrected chi connectivity index (χ1v) is 7.33. The topological polar surface area (TPSA) is 55.8 Å². The molecule has 1 fully saturated rings. The summed E-state index contributed by atoms with van der Waals surface area (Å²) >= 11 is 0. The Labute approximate surface area is 124 Å². The summed E-state index contributed by atoms with van der Waals surface area (Å²) in [6.45, 7) is 2.30. The van der Waals surface area contributed by atoms with E-state index in [1.165, 1.54) is 4.90 Å². The summed E-state index contributed by atoms with van der Waals surface area (Å²) in [5, 5.41) is 0. The summed E-state index contributed by atoms with van der Waals surface area (Å²) in [7, 11) is 0. The highest BCUT2D eigenvalue weighted by molar-refractivity contribution is 5.75. The number of esters is 1. The highest BCUT2D eigenvalue weighted by Gasteiger charge is 2.32. The molecule has 2 rings (SSSR count). The third-order valence-electron chi connectivity index (χ3n) is 3.54. The molecule has 1 aliphatic rings. The fourth-order valence-corrected chi connectivity index (χ4v) is 2.31. The molecule has 0 spiro atoms. The summed E-state index contributed by atoms with van der Waals surface area (Å²) in [6.07, 6.45) is 2.62. The Morgan fingerprint density at radius 1 is 1.38 bits per heavy atom. The molecule has 1 aromatic carbocycles. The fraction of sp³-hybridized carbons (Fsp3) is 0.500. The van der Waals surface area contributed by atoms with Crippen LogP contribution in [0.3, 0.4) is 0 Å². The lowest BCUT2D eigenvalue weighted by Gasteiger charge is -2.33. The van der Waals surface area contributed by atoms with Gasteiger partial charge in [-0.1, -0.05) is 50.1 Å². The zero-order valence-electron chi connectivity index (χ0n) is 12.3. The average molecular weight is 291 g/mol. The van der Waals surface area contributed by atoms with E-state index < -0.39 is 6.09 Å². The Bertz CT molecular complexity index is 474. The number of carbonyl (C=O) groups is 2. The van der Waals surface area contributed by atoms with Gasteiger partial charge in [-0.3, -0.25) is 9.69 Å². The van der Waals surface area contributed by atoms with Gasteiger partial charge in [-0.15, -0.1) is 0 Å². The molecule has 0 radical (unpaired) electrons. The van der Waals surface area contributed by atoms with Gasteiger partial charge >= 0.3 is 12.1 Å². The van der Waals surface area contributed by atoms with Crippen LogP contribution in [0.15, 0.2) is 30.3 Å². The summed E-state index contributed by atoms with van der Waals surface area (Å²) in [6, 6.07) is 9.40. The highest BCUT2D eigenvalue weighted by Crippen LogP contribution is 2.19. The second-order valence-corrected chi connectivity index (χ2v) is 5.16. The molecule has 0 N–H and O–H groups in total. The van der Waals surface area contributed by atoms with Gasteiger partial charge in [-0.2, -0.15) is 0 Å². The molecule has 0 unspecified atom stereocenters. The maximum atomic E-state index is 12.2. The van der Waals surface area contributed by atoms with Gasteiger partial charge < -0.3 is 9.47 Å². The summed E-state index contributed by atoms with van der Waals surface area (Å²) < 4.78 is 10.3. The van der Waals surface area contributed by atoms with Crippen LogP contribution >= 0.6 is 0 Å². The van der Waals surface area contributed by atoms with E-state index in [1.807, 2.05) is 30.3 Å². The molecule has 5 heteroatoms. The number of rotatable bonds is 5. The maximum absolute atomic E-state index is 12.2. The Kier molecular flexibility index (Phi) is 5.60. The predicted molar refractivity (Wildman–Crippen MR) is 77.4 cm³/mol. The second-order valence-electron chi connectivity index (χ2n) is 5.16. The molecule has 1 aliphatic heterocycles. The molecule has 0 aromatic heterocycles. The number of nitrogens with zero attached hydrogens (tertiary/aromatic N) is 1. The van der Waals surface area contributed by atoms with Crippen LogP contribution in [0.25, 0.3) is 0 Å². The third kappa shape index (κ3) is 4.48. The predicted octanol–water partition coefficient (Wildman–Crippen LogP) is 3.09. The second kappa shape index (κ2) is 7.67. The van der Waals surface area contributed by atoms with Crippen molar-refractivity contribution in [2.24, 2.45) is 0 Å². The number of hydrogen-bond acceptors (Lipinski definition) is 4. The number of ether oxygens (including phenoxy) is 2. The van der Waals surface area contributed by atoms with Crippen molar-refractivity contribution >= 4 is 12.1 Å². The van der Waals surface area contributed by atoms with Gasteiger partial charge in [-0.25, -0.2) is 4.79 Å². The van der Waals surface area contributed by atoms with Crippen LogP contribution in [0.2, 0.25) is 0 Å². The van der Waals surface area contributed by atoms with E-state index in [2.05, 4.69) is 6.92 Å². The first-order valence-electron chi connectivity index (χ1n) is 7.33. The Hall–Kier alpha value is -2.04. The summed E-state index contributed by atoms with van der Waals surface area (Å²) in [5.74, 6) is -0.247. The summed E-state index contributed by atoms with van der Waals surface area (Å²) in [4.78, 5) is 25.1. The zero-order chi connectivity index (χ0) is 15.1. The van der Waals surface area contributed by atoms with Gasteiger partial charge in [0, 0.05) is 6.04 Å². The SMILES string of the molecule is CCCC[C@H]1CC(=O)OCN1C(=O)OCc1ccccc1. The van der Waals surface area contributed by atoms with Crippen molar-refractivity contribution in [2.75, 3.05) is 6.73 Å². The van der Waals surface area contributed by atoms with Crippen molar-refractivity contribution in [1.82, 2.24) is 4.90 Å². The van der Waals surface area contributed by atoms with Crippen LogP contribution in [0.1, 0.15) is 38.2 Å². The Morgan fingerprint density at radius 2 is 2.14 bits per heavy atom. The number of cyclic esters (lactones) is 1. The monoisotopic (exact) mass is 291 g/mol. The first kappa shape index (κ1) is 15.4. The third-order valence-corrected chi connectivity index (χ3v) is 3.54. The van der Waals surface area contributed by atoms with Crippen LogP contribution < -0.4 is 0 Å². The summed E-state index contributed by atoms with van der Waals surface area (Å²) in [5.41, 5.74) is 0.935. The van der Waals surface area contributed by atoms with E-state index in [1.54, 1.807) is 0 Å². The average Bonchev–Trinajstić information content (AvgIpc) is 2.51. The van der Waals surface area contributed by atoms with Gasteiger partial charge in [0.15, 0.2) is 6.73 Å². The normalized spacial score (nSPS) is 18.2. The first-order chi connectivity index (χ1) is 10.2. The highest BCUT2D eigenvalue weighted by atomic mass is 16.6. The lowest BCUT2D eigenvalue weighted by molar-refractivity contribution is -0.157.